The van der Waals surface area contributed by atoms with Crippen LogP contribution in [0.3, 0.4) is 0 Å². The van der Waals surface area contributed by atoms with Gasteiger partial charge in [-0.05, 0) is 44.0 Å². The highest BCUT2D eigenvalue weighted by Crippen LogP contribution is 2.14. The summed E-state index contributed by atoms with van der Waals surface area (Å²) in [6.45, 7) is 5.90. The van der Waals surface area contributed by atoms with Crippen molar-refractivity contribution in [1.82, 2.24) is 14.9 Å². The number of sulfonamides is 1. The number of rotatable bonds is 5. The van der Waals surface area contributed by atoms with Crippen molar-refractivity contribution in [2.45, 2.75) is 24.2 Å². The molecule has 126 valence electrons. The minimum absolute atomic E-state index is 0.0492. The number of nitrogens with one attached hydrogen (secondary N) is 2. The van der Waals surface area contributed by atoms with Gasteiger partial charge in [-0.15, -0.1) is 0 Å². The molecule has 0 atom stereocenters. The monoisotopic (exact) mass is 337 g/mol. The maximum absolute atomic E-state index is 12.0. The van der Waals surface area contributed by atoms with Gasteiger partial charge in [0.15, 0.2) is 0 Å². The average Bonchev–Trinajstić information content (AvgIpc) is 2.56. The molecule has 0 radical (unpaired) electrons. The molecule has 6 nitrogen and oxygen atoms in total. The highest BCUT2D eigenvalue weighted by molar-refractivity contribution is 7.89. The summed E-state index contributed by atoms with van der Waals surface area (Å²) in [6, 6.07) is 6.62. The first-order chi connectivity index (χ1) is 10.9. The summed E-state index contributed by atoms with van der Waals surface area (Å²) < 4.78 is 25.5. The Morgan fingerprint density at radius 3 is 2.39 bits per heavy atom. The number of piperidine rings is 1. The van der Waals surface area contributed by atoms with E-state index in [0.29, 0.717) is 13.0 Å². The minimum Gasteiger partial charge on any atom is -0.338 e. The van der Waals surface area contributed by atoms with E-state index in [0.717, 1.165) is 31.5 Å². The molecule has 0 aliphatic carbocycles. The summed E-state index contributed by atoms with van der Waals surface area (Å²) in [5.41, 5.74) is 2.18. The van der Waals surface area contributed by atoms with E-state index in [4.69, 9.17) is 0 Å². The van der Waals surface area contributed by atoms with Gasteiger partial charge < -0.3 is 10.2 Å². The summed E-state index contributed by atoms with van der Waals surface area (Å²) in [5.74, 6) is 0. The highest BCUT2D eigenvalue weighted by atomic mass is 32.2. The van der Waals surface area contributed by atoms with Crippen molar-refractivity contribution in [2.24, 2.45) is 0 Å². The zero-order valence-corrected chi connectivity index (χ0v) is 14.2. The smallest absolute Gasteiger partial charge is 0.317 e. The number of urea groups is 1. The van der Waals surface area contributed by atoms with E-state index in [1.165, 1.54) is 12.6 Å². The van der Waals surface area contributed by atoms with Crippen molar-refractivity contribution in [2.75, 3.05) is 26.7 Å². The van der Waals surface area contributed by atoms with E-state index < -0.39 is 10.0 Å². The van der Waals surface area contributed by atoms with Gasteiger partial charge in [-0.25, -0.2) is 17.9 Å². The van der Waals surface area contributed by atoms with Crippen LogP contribution in [0.1, 0.15) is 18.4 Å². The van der Waals surface area contributed by atoms with Crippen LogP contribution in [0.2, 0.25) is 0 Å². The lowest BCUT2D eigenvalue weighted by Crippen LogP contribution is -2.43. The molecule has 2 rings (SSSR count). The molecule has 2 N–H and O–H groups in total. The molecule has 0 spiro atoms. The van der Waals surface area contributed by atoms with Gasteiger partial charge in [0.25, 0.3) is 0 Å². The number of benzene rings is 1. The maximum Gasteiger partial charge on any atom is 0.317 e. The molecular weight excluding hydrogens is 314 g/mol. The number of hydrogen-bond donors (Lipinski definition) is 2. The van der Waals surface area contributed by atoms with E-state index >= 15 is 0 Å². The predicted octanol–water partition coefficient (Wildman–Crippen LogP) is 1.50. The molecular formula is C16H23N3O3S. The SMILES string of the molecule is C=C1CCN(C(=O)NCCc2ccc(S(=O)(=O)NC)cc2)CC1. The topological polar surface area (TPSA) is 78.5 Å². The lowest BCUT2D eigenvalue weighted by atomic mass is 10.1. The van der Waals surface area contributed by atoms with Crippen molar-refractivity contribution >= 4 is 16.1 Å². The molecule has 2 amide bonds. The Morgan fingerprint density at radius 2 is 1.83 bits per heavy atom. The molecule has 0 aromatic heterocycles. The summed E-state index contributed by atoms with van der Waals surface area (Å²) in [5, 5.41) is 2.90. The van der Waals surface area contributed by atoms with Gasteiger partial charge in [0, 0.05) is 19.6 Å². The molecule has 1 fully saturated rings. The van der Waals surface area contributed by atoms with Crippen LogP contribution < -0.4 is 10.0 Å². The molecule has 7 heteroatoms. The quantitative estimate of drug-likeness (QED) is 0.799. The summed E-state index contributed by atoms with van der Waals surface area (Å²) >= 11 is 0. The second kappa shape index (κ2) is 7.61. The molecule has 0 saturated carbocycles. The van der Waals surface area contributed by atoms with E-state index in [-0.39, 0.29) is 10.9 Å². The highest BCUT2D eigenvalue weighted by Gasteiger charge is 2.17. The molecule has 1 aromatic rings. The molecule has 23 heavy (non-hydrogen) atoms. The van der Waals surface area contributed by atoms with E-state index in [1.807, 2.05) is 0 Å². The number of amides is 2. The lowest BCUT2D eigenvalue weighted by Gasteiger charge is -2.28. The van der Waals surface area contributed by atoms with Crippen LogP contribution in [0.25, 0.3) is 0 Å². The van der Waals surface area contributed by atoms with Gasteiger partial charge in [-0.1, -0.05) is 24.3 Å². The Hall–Kier alpha value is -1.86. The normalized spacial score (nSPS) is 15.5. The molecule has 1 aromatic carbocycles. The third-order valence-electron chi connectivity index (χ3n) is 3.95. The summed E-state index contributed by atoms with van der Waals surface area (Å²) in [7, 11) is -2.02. The van der Waals surface area contributed by atoms with E-state index in [1.54, 1.807) is 29.2 Å². The summed E-state index contributed by atoms with van der Waals surface area (Å²) in [4.78, 5) is 14.1. The maximum atomic E-state index is 12.0. The Morgan fingerprint density at radius 1 is 1.22 bits per heavy atom. The number of likely N-dealkylation sites (tertiary alicyclic amines) is 1. The second-order valence-corrected chi connectivity index (χ2v) is 7.46. The molecule has 0 unspecified atom stereocenters. The predicted molar refractivity (Wildman–Crippen MR) is 89.7 cm³/mol. The fourth-order valence-corrected chi connectivity index (χ4v) is 3.13. The number of carbonyl (C=O) groups is 1. The van der Waals surface area contributed by atoms with Crippen molar-refractivity contribution in [3.63, 3.8) is 0 Å². The zero-order valence-electron chi connectivity index (χ0n) is 13.3. The molecule has 1 aliphatic heterocycles. The van der Waals surface area contributed by atoms with Crippen LogP contribution in [0, 0.1) is 0 Å². The van der Waals surface area contributed by atoms with Crippen LogP contribution in [0.5, 0.6) is 0 Å². The van der Waals surface area contributed by atoms with Gasteiger partial charge in [0.1, 0.15) is 0 Å². The molecule has 1 aliphatic rings. The number of nitrogens with zero attached hydrogens (tertiary/aromatic N) is 1. The Bertz CT molecular complexity index is 658. The van der Waals surface area contributed by atoms with Crippen LogP contribution >= 0.6 is 0 Å². The third-order valence-corrected chi connectivity index (χ3v) is 5.38. The van der Waals surface area contributed by atoms with Gasteiger partial charge in [0.05, 0.1) is 4.90 Å². The summed E-state index contributed by atoms with van der Waals surface area (Å²) in [6.07, 6.45) is 2.40. The van der Waals surface area contributed by atoms with Crippen molar-refractivity contribution in [1.29, 1.82) is 0 Å². The Labute approximate surface area is 137 Å². The zero-order chi connectivity index (χ0) is 16.9. The van der Waals surface area contributed by atoms with Crippen LogP contribution in [-0.2, 0) is 16.4 Å². The Kier molecular flexibility index (Phi) is 5.79. The van der Waals surface area contributed by atoms with Crippen LogP contribution in [0.15, 0.2) is 41.3 Å². The van der Waals surface area contributed by atoms with E-state index in [2.05, 4.69) is 16.6 Å². The standard InChI is InChI=1S/C16H23N3O3S/c1-13-8-11-19(12-9-13)16(20)18-10-7-14-3-5-15(6-4-14)23(21,22)17-2/h3-6,17H,1,7-12H2,2H3,(H,18,20). The number of hydrogen-bond acceptors (Lipinski definition) is 3. The van der Waals surface area contributed by atoms with Gasteiger partial charge in [-0.2, -0.15) is 0 Å². The van der Waals surface area contributed by atoms with E-state index in [9.17, 15) is 13.2 Å². The fraction of sp³-hybridized carbons (Fsp3) is 0.438. The minimum atomic E-state index is -3.40. The van der Waals surface area contributed by atoms with Gasteiger partial charge >= 0.3 is 6.03 Å². The van der Waals surface area contributed by atoms with Gasteiger partial charge in [0.2, 0.25) is 10.0 Å². The fourth-order valence-electron chi connectivity index (χ4n) is 2.40. The Balaban J connectivity index is 1.80. The van der Waals surface area contributed by atoms with Crippen LogP contribution in [0.4, 0.5) is 4.79 Å². The first-order valence-electron chi connectivity index (χ1n) is 7.64. The molecule has 1 heterocycles. The van der Waals surface area contributed by atoms with Crippen molar-refractivity contribution in [3.05, 3.63) is 42.0 Å². The molecule has 1 saturated heterocycles. The first-order valence-corrected chi connectivity index (χ1v) is 9.12. The largest absolute Gasteiger partial charge is 0.338 e. The lowest BCUT2D eigenvalue weighted by molar-refractivity contribution is 0.194. The second-order valence-electron chi connectivity index (χ2n) is 5.57. The van der Waals surface area contributed by atoms with Crippen LogP contribution in [-0.4, -0.2) is 46.0 Å². The third kappa shape index (κ3) is 4.80. The van der Waals surface area contributed by atoms with Crippen molar-refractivity contribution < 1.29 is 13.2 Å². The first kappa shape index (κ1) is 17.5. The van der Waals surface area contributed by atoms with Crippen molar-refractivity contribution in [3.8, 4) is 0 Å². The van der Waals surface area contributed by atoms with Gasteiger partial charge in [-0.3, -0.25) is 0 Å². The number of carbonyl (C=O) groups excluding carboxylic acids is 1. The average molecular weight is 337 g/mol. The molecule has 0 bridgehead atoms.